The maximum atomic E-state index is 4.22. The molecule has 1 aromatic heterocycles. The van der Waals surface area contributed by atoms with Gasteiger partial charge in [-0.3, -0.25) is 0 Å². The van der Waals surface area contributed by atoms with Crippen LogP contribution < -0.4 is 4.57 Å². The summed E-state index contributed by atoms with van der Waals surface area (Å²) in [6.07, 6.45) is 3.05. The molecule has 0 saturated carbocycles. The van der Waals surface area contributed by atoms with E-state index >= 15 is 0 Å². The standard InChI is InChI=1S/C20H16N/c1-15-13-18-9-5-6-10-19(18)20-14-17(11-12-21(15)20)16-7-3-2-4-8-16/h2-12,14H,1,13H2/q+1. The number of allylic oxidation sites excluding steroid dienone is 1. The van der Waals surface area contributed by atoms with Crippen molar-refractivity contribution in [2.24, 2.45) is 0 Å². The molecular formula is C20H16N+. The highest BCUT2D eigenvalue weighted by molar-refractivity contribution is 5.73. The lowest BCUT2D eigenvalue weighted by atomic mass is 9.94. The molecular weight excluding hydrogens is 254 g/mol. The zero-order valence-corrected chi connectivity index (χ0v) is 11.8. The summed E-state index contributed by atoms with van der Waals surface area (Å²) in [5.74, 6) is 0. The SMILES string of the molecule is C=C1Cc2ccccc2-c2cc(-c3ccccc3)cc[n+]21. The first-order valence-electron chi connectivity index (χ1n) is 7.20. The van der Waals surface area contributed by atoms with Crippen LogP contribution >= 0.6 is 0 Å². The van der Waals surface area contributed by atoms with Gasteiger partial charge in [-0.1, -0.05) is 48.5 Å². The molecule has 3 aromatic rings. The van der Waals surface area contributed by atoms with Crippen molar-refractivity contribution in [3.8, 4) is 22.4 Å². The number of pyridine rings is 1. The third kappa shape index (κ3) is 1.98. The molecule has 2 aromatic carbocycles. The van der Waals surface area contributed by atoms with E-state index in [1.807, 2.05) is 6.07 Å². The third-order valence-corrected chi connectivity index (χ3v) is 4.09. The fourth-order valence-corrected chi connectivity index (χ4v) is 3.02. The summed E-state index contributed by atoms with van der Waals surface area (Å²) in [5.41, 5.74) is 7.50. The van der Waals surface area contributed by atoms with Gasteiger partial charge in [-0.2, -0.15) is 4.57 Å². The molecule has 0 radical (unpaired) electrons. The first kappa shape index (κ1) is 12.1. The number of rotatable bonds is 1. The number of hydrogen-bond acceptors (Lipinski definition) is 0. The summed E-state index contributed by atoms with van der Waals surface area (Å²) < 4.78 is 2.20. The van der Waals surface area contributed by atoms with Gasteiger partial charge in [-0.15, -0.1) is 0 Å². The summed E-state index contributed by atoms with van der Waals surface area (Å²) in [7, 11) is 0. The first-order valence-corrected chi connectivity index (χ1v) is 7.20. The van der Waals surface area contributed by atoms with Crippen LogP contribution in [0.5, 0.6) is 0 Å². The molecule has 100 valence electrons. The van der Waals surface area contributed by atoms with Crippen molar-refractivity contribution in [2.45, 2.75) is 6.42 Å². The van der Waals surface area contributed by atoms with E-state index in [1.165, 1.54) is 27.9 Å². The lowest BCUT2D eigenvalue weighted by Gasteiger charge is -2.16. The van der Waals surface area contributed by atoms with Crippen molar-refractivity contribution >= 4 is 5.70 Å². The van der Waals surface area contributed by atoms with Crippen LogP contribution in [-0.2, 0) is 6.42 Å². The maximum Gasteiger partial charge on any atom is 0.219 e. The van der Waals surface area contributed by atoms with Gasteiger partial charge in [0.15, 0.2) is 11.9 Å². The molecule has 0 amide bonds. The zero-order valence-electron chi connectivity index (χ0n) is 11.8. The van der Waals surface area contributed by atoms with Gasteiger partial charge in [-0.05, 0) is 29.3 Å². The quantitative estimate of drug-likeness (QED) is 0.579. The molecule has 0 bridgehead atoms. The molecule has 1 nitrogen and oxygen atoms in total. The van der Waals surface area contributed by atoms with Crippen LogP contribution in [0.3, 0.4) is 0 Å². The Balaban J connectivity index is 1.94. The number of hydrogen-bond donors (Lipinski definition) is 0. The second-order valence-corrected chi connectivity index (χ2v) is 5.44. The minimum atomic E-state index is 0.915. The predicted octanol–water partition coefficient (Wildman–Crippen LogP) is 4.33. The Kier molecular flexibility index (Phi) is 2.71. The summed E-state index contributed by atoms with van der Waals surface area (Å²) in [5, 5.41) is 0. The molecule has 4 rings (SSSR count). The molecule has 0 unspecified atom stereocenters. The van der Waals surface area contributed by atoms with E-state index in [1.54, 1.807) is 0 Å². The van der Waals surface area contributed by atoms with Gasteiger partial charge in [0, 0.05) is 12.1 Å². The highest BCUT2D eigenvalue weighted by Crippen LogP contribution is 2.30. The Bertz CT molecular complexity index is 831. The first-order chi connectivity index (χ1) is 10.3. The number of fused-ring (bicyclic) bond motifs is 3. The molecule has 0 saturated heterocycles. The van der Waals surface area contributed by atoms with Crippen molar-refractivity contribution in [2.75, 3.05) is 0 Å². The third-order valence-electron chi connectivity index (χ3n) is 4.09. The van der Waals surface area contributed by atoms with E-state index in [-0.39, 0.29) is 0 Å². The highest BCUT2D eigenvalue weighted by Gasteiger charge is 2.26. The Labute approximate surface area is 124 Å². The fourth-order valence-electron chi connectivity index (χ4n) is 3.02. The Morgan fingerprint density at radius 1 is 0.810 bits per heavy atom. The normalized spacial score (nSPS) is 12.7. The fraction of sp³-hybridized carbons (Fsp3) is 0.0500. The van der Waals surface area contributed by atoms with Gasteiger partial charge < -0.3 is 0 Å². The van der Waals surface area contributed by atoms with Crippen molar-refractivity contribution in [1.29, 1.82) is 0 Å². The van der Waals surface area contributed by atoms with E-state index in [2.05, 4.69) is 78.0 Å². The Morgan fingerprint density at radius 3 is 2.43 bits per heavy atom. The predicted molar refractivity (Wildman–Crippen MR) is 86.5 cm³/mol. The zero-order chi connectivity index (χ0) is 14.2. The van der Waals surface area contributed by atoms with E-state index < -0.39 is 0 Å². The van der Waals surface area contributed by atoms with Crippen molar-refractivity contribution in [3.05, 3.63) is 85.1 Å². The smallest absolute Gasteiger partial charge is 0.164 e. The second kappa shape index (κ2) is 4.71. The summed E-state index contributed by atoms with van der Waals surface area (Å²) in [6, 6.07) is 23.5. The van der Waals surface area contributed by atoms with Crippen LogP contribution in [0.4, 0.5) is 0 Å². The van der Waals surface area contributed by atoms with E-state index in [4.69, 9.17) is 0 Å². The minimum Gasteiger partial charge on any atom is -0.164 e. The van der Waals surface area contributed by atoms with Gasteiger partial charge in [0.25, 0.3) is 0 Å². The Morgan fingerprint density at radius 2 is 1.57 bits per heavy atom. The molecule has 21 heavy (non-hydrogen) atoms. The molecule has 2 heterocycles. The summed E-state index contributed by atoms with van der Waals surface area (Å²) in [6.45, 7) is 4.22. The molecule has 1 heteroatoms. The average molecular weight is 270 g/mol. The topological polar surface area (TPSA) is 3.88 Å². The monoisotopic (exact) mass is 270 g/mol. The highest BCUT2D eigenvalue weighted by atomic mass is 15.0. The van der Waals surface area contributed by atoms with Crippen LogP contribution in [0.2, 0.25) is 0 Å². The van der Waals surface area contributed by atoms with Crippen molar-refractivity contribution < 1.29 is 4.57 Å². The van der Waals surface area contributed by atoms with E-state index in [0.717, 1.165) is 12.1 Å². The molecule has 0 aliphatic carbocycles. The summed E-state index contributed by atoms with van der Waals surface area (Å²) in [4.78, 5) is 0. The van der Waals surface area contributed by atoms with Gasteiger partial charge >= 0.3 is 0 Å². The average Bonchev–Trinajstić information content (AvgIpc) is 2.55. The lowest BCUT2D eigenvalue weighted by Crippen LogP contribution is -2.38. The van der Waals surface area contributed by atoms with E-state index in [9.17, 15) is 0 Å². The molecule has 1 aliphatic heterocycles. The molecule has 0 N–H and O–H groups in total. The molecule has 0 spiro atoms. The van der Waals surface area contributed by atoms with Gasteiger partial charge in [-0.25, -0.2) is 0 Å². The van der Waals surface area contributed by atoms with Crippen molar-refractivity contribution in [3.63, 3.8) is 0 Å². The largest absolute Gasteiger partial charge is 0.219 e. The maximum absolute atomic E-state index is 4.22. The second-order valence-electron chi connectivity index (χ2n) is 5.44. The molecule has 0 atom stereocenters. The number of nitrogens with zero attached hydrogens (tertiary/aromatic N) is 1. The van der Waals surface area contributed by atoms with Crippen LogP contribution in [0.25, 0.3) is 28.1 Å². The van der Waals surface area contributed by atoms with Gasteiger partial charge in [0.05, 0.1) is 12.0 Å². The van der Waals surface area contributed by atoms with Gasteiger partial charge in [0.1, 0.15) is 0 Å². The van der Waals surface area contributed by atoms with Crippen LogP contribution in [0, 0.1) is 0 Å². The molecule has 1 aliphatic rings. The van der Waals surface area contributed by atoms with Crippen LogP contribution in [0.15, 0.2) is 79.5 Å². The lowest BCUT2D eigenvalue weighted by molar-refractivity contribution is -0.572. The molecule has 0 fully saturated rings. The van der Waals surface area contributed by atoms with Crippen molar-refractivity contribution in [1.82, 2.24) is 0 Å². The number of benzene rings is 2. The summed E-state index contributed by atoms with van der Waals surface area (Å²) >= 11 is 0. The van der Waals surface area contributed by atoms with Crippen LogP contribution in [0.1, 0.15) is 5.56 Å². The van der Waals surface area contributed by atoms with E-state index in [0.29, 0.717) is 0 Å². The Hall–Kier alpha value is -2.67. The van der Waals surface area contributed by atoms with Crippen LogP contribution in [-0.4, -0.2) is 0 Å². The minimum absolute atomic E-state index is 0.915. The number of aromatic nitrogens is 1. The van der Waals surface area contributed by atoms with Gasteiger partial charge in [0.2, 0.25) is 5.69 Å².